The summed E-state index contributed by atoms with van der Waals surface area (Å²) in [4.78, 5) is 24.7. The Morgan fingerprint density at radius 2 is 1.63 bits per heavy atom. The van der Waals surface area contributed by atoms with Crippen molar-refractivity contribution < 1.29 is 9.72 Å². The number of benzene rings is 3. The SMILES string of the molecule is CNc1ccc(Sc2ccc(NC(=O)c3ccccc3)cc2[N+](=O)[O-])cc1. The van der Waals surface area contributed by atoms with Crippen LogP contribution in [-0.4, -0.2) is 17.9 Å². The fraction of sp³-hybridized carbons (Fsp3) is 0.0500. The van der Waals surface area contributed by atoms with Gasteiger partial charge in [0.25, 0.3) is 11.6 Å². The van der Waals surface area contributed by atoms with E-state index in [9.17, 15) is 14.9 Å². The van der Waals surface area contributed by atoms with E-state index in [1.165, 1.54) is 17.8 Å². The number of nitro benzene ring substituents is 1. The highest BCUT2D eigenvalue weighted by Crippen LogP contribution is 2.36. The third-order valence-electron chi connectivity index (χ3n) is 3.82. The molecule has 7 heteroatoms. The van der Waals surface area contributed by atoms with Crippen LogP contribution in [0.3, 0.4) is 0 Å². The van der Waals surface area contributed by atoms with E-state index in [4.69, 9.17) is 0 Å². The minimum Gasteiger partial charge on any atom is -0.388 e. The summed E-state index contributed by atoms with van der Waals surface area (Å²) >= 11 is 1.30. The highest BCUT2D eigenvalue weighted by atomic mass is 32.2. The first kappa shape index (κ1) is 18.5. The number of amides is 1. The van der Waals surface area contributed by atoms with Crippen LogP contribution in [0.5, 0.6) is 0 Å². The van der Waals surface area contributed by atoms with Gasteiger partial charge in [-0.15, -0.1) is 0 Å². The van der Waals surface area contributed by atoms with Gasteiger partial charge in [0.1, 0.15) is 0 Å². The average molecular weight is 379 g/mol. The second-order valence-corrected chi connectivity index (χ2v) is 6.75. The molecular formula is C20H17N3O3S. The van der Waals surface area contributed by atoms with Gasteiger partial charge >= 0.3 is 0 Å². The van der Waals surface area contributed by atoms with Gasteiger partial charge in [-0.05, 0) is 48.5 Å². The Morgan fingerprint density at radius 1 is 0.963 bits per heavy atom. The predicted octanol–water partition coefficient (Wildman–Crippen LogP) is 5.04. The standard InChI is InChI=1S/C20H17N3O3S/c1-21-15-7-10-17(11-8-15)27-19-12-9-16(13-18(19)23(25)26)22-20(24)14-5-3-2-4-6-14/h2-13,21H,1H3,(H,22,24). The molecule has 0 fully saturated rings. The predicted molar refractivity (Wildman–Crippen MR) is 108 cm³/mol. The van der Waals surface area contributed by atoms with Gasteiger partial charge in [0, 0.05) is 34.9 Å². The first-order valence-electron chi connectivity index (χ1n) is 8.17. The molecule has 1 amide bonds. The van der Waals surface area contributed by atoms with Gasteiger partial charge in [-0.1, -0.05) is 30.0 Å². The zero-order valence-corrected chi connectivity index (χ0v) is 15.3. The summed E-state index contributed by atoms with van der Waals surface area (Å²) in [6.07, 6.45) is 0. The van der Waals surface area contributed by atoms with Crippen LogP contribution in [0, 0.1) is 10.1 Å². The molecule has 2 N–H and O–H groups in total. The Bertz CT molecular complexity index is 960. The maximum Gasteiger partial charge on any atom is 0.285 e. The first-order valence-corrected chi connectivity index (χ1v) is 8.99. The second-order valence-electron chi connectivity index (χ2n) is 5.64. The van der Waals surface area contributed by atoms with Gasteiger partial charge < -0.3 is 10.6 Å². The van der Waals surface area contributed by atoms with Crippen molar-refractivity contribution in [3.63, 3.8) is 0 Å². The molecular weight excluding hydrogens is 362 g/mol. The number of nitrogens with one attached hydrogen (secondary N) is 2. The van der Waals surface area contributed by atoms with Crippen molar-refractivity contribution in [1.29, 1.82) is 0 Å². The molecule has 6 nitrogen and oxygen atoms in total. The van der Waals surface area contributed by atoms with Crippen molar-refractivity contribution in [3.8, 4) is 0 Å². The van der Waals surface area contributed by atoms with Crippen molar-refractivity contribution in [2.75, 3.05) is 17.7 Å². The van der Waals surface area contributed by atoms with Crippen molar-refractivity contribution in [2.45, 2.75) is 9.79 Å². The average Bonchev–Trinajstić information content (AvgIpc) is 2.70. The van der Waals surface area contributed by atoms with Gasteiger partial charge in [-0.25, -0.2) is 0 Å². The molecule has 0 spiro atoms. The van der Waals surface area contributed by atoms with Crippen LogP contribution in [0.4, 0.5) is 17.1 Å². The van der Waals surface area contributed by atoms with Gasteiger partial charge in [-0.3, -0.25) is 14.9 Å². The number of rotatable bonds is 6. The minimum atomic E-state index is -0.442. The Kier molecular flexibility index (Phi) is 5.73. The number of carbonyl (C=O) groups excluding carboxylic acids is 1. The van der Waals surface area contributed by atoms with Gasteiger partial charge in [0.15, 0.2) is 0 Å². The van der Waals surface area contributed by atoms with Crippen molar-refractivity contribution in [1.82, 2.24) is 0 Å². The number of hydrogen-bond acceptors (Lipinski definition) is 5. The lowest BCUT2D eigenvalue weighted by Crippen LogP contribution is -2.11. The van der Waals surface area contributed by atoms with Crippen LogP contribution in [0.2, 0.25) is 0 Å². The number of anilines is 2. The Hall–Kier alpha value is -3.32. The van der Waals surface area contributed by atoms with Crippen molar-refractivity contribution >= 4 is 34.7 Å². The Balaban J connectivity index is 1.82. The number of nitro groups is 1. The molecule has 0 heterocycles. The van der Waals surface area contributed by atoms with Crippen LogP contribution in [0.1, 0.15) is 10.4 Å². The fourth-order valence-corrected chi connectivity index (χ4v) is 3.33. The first-order chi connectivity index (χ1) is 13.1. The van der Waals surface area contributed by atoms with Crippen LogP contribution < -0.4 is 10.6 Å². The summed E-state index contributed by atoms with van der Waals surface area (Å²) in [5.41, 5.74) is 1.78. The molecule has 0 aliphatic rings. The van der Waals surface area contributed by atoms with Crippen LogP contribution in [0.25, 0.3) is 0 Å². The molecule has 0 aromatic heterocycles. The van der Waals surface area contributed by atoms with Crippen LogP contribution in [-0.2, 0) is 0 Å². The molecule has 0 saturated heterocycles. The number of carbonyl (C=O) groups is 1. The van der Waals surface area contributed by atoms with E-state index in [1.807, 2.05) is 37.4 Å². The zero-order valence-electron chi connectivity index (χ0n) is 14.5. The molecule has 0 atom stereocenters. The lowest BCUT2D eigenvalue weighted by Gasteiger charge is -2.08. The van der Waals surface area contributed by atoms with Crippen LogP contribution >= 0.6 is 11.8 Å². The Morgan fingerprint density at radius 3 is 2.26 bits per heavy atom. The smallest absolute Gasteiger partial charge is 0.285 e. The molecule has 0 bridgehead atoms. The summed E-state index contributed by atoms with van der Waals surface area (Å²) in [5, 5.41) is 17.2. The molecule has 27 heavy (non-hydrogen) atoms. The van der Waals surface area contributed by atoms with Gasteiger partial charge in [0.2, 0.25) is 0 Å². The molecule has 136 valence electrons. The molecule has 0 aliphatic carbocycles. The Labute approximate surface area is 160 Å². The molecule has 0 radical (unpaired) electrons. The summed E-state index contributed by atoms with van der Waals surface area (Å²) in [5.74, 6) is -0.312. The quantitative estimate of drug-likeness (QED) is 0.463. The summed E-state index contributed by atoms with van der Waals surface area (Å²) in [6, 6.07) is 21.0. The third-order valence-corrected chi connectivity index (χ3v) is 4.89. The topological polar surface area (TPSA) is 84.3 Å². The van der Waals surface area contributed by atoms with E-state index < -0.39 is 4.92 Å². The molecule has 0 aliphatic heterocycles. The molecule has 0 saturated carbocycles. The molecule has 0 unspecified atom stereocenters. The summed E-state index contributed by atoms with van der Waals surface area (Å²) in [7, 11) is 1.83. The minimum absolute atomic E-state index is 0.0523. The van der Waals surface area contributed by atoms with E-state index in [0.717, 1.165) is 10.6 Å². The summed E-state index contributed by atoms with van der Waals surface area (Å²) in [6.45, 7) is 0. The van der Waals surface area contributed by atoms with E-state index in [2.05, 4.69) is 10.6 Å². The van der Waals surface area contributed by atoms with Crippen molar-refractivity contribution in [3.05, 3.63) is 88.5 Å². The molecule has 3 rings (SSSR count). The summed E-state index contributed by atoms with van der Waals surface area (Å²) < 4.78 is 0. The monoisotopic (exact) mass is 379 g/mol. The zero-order chi connectivity index (χ0) is 19.2. The van der Waals surface area contributed by atoms with E-state index in [-0.39, 0.29) is 11.6 Å². The maximum absolute atomic E-state index is 12.2. The fourth-order valence-electron chi connectivity index (χ4n) is 2.43. The number of hydrogen-bond donors (Lipinski definition) is 2. The lowest BCUT2D eigenvalue weighted by atomic mass is 10.2. The van der Waals surface area contributed by atoms with E-state index in [1.54, 1.807) is 36.4 Å². The number of nitrogens with zero attached hydrogens (tertiary/aromatic N) is 1. The normalized spacial score (nSPS) is 10.3. The van der Waals surface area contributed by atoms with E-state index in [0.29, 0.717) is 16.1 Å². The van der Waals surface area contributed by atoms with Crippen LogP contribution in [0.15, 0.2) is 82.6 Å². The van der Waals surface area contributed by atoms with Crippen molar-refractivity contribution in [2.24, 2.45) is 0 Å². The molecule has 3 aromatic rings. The lowest BCUT2D eigenvalue weighted by molar-refractivity contribution is -0.387. The second kappa shape index (κ2) is 8.37. The van der Waals surface area contributed by atoms with Gasteiger partial charge in [-0.2, -0.15) is 0 Å². The molecule has 3 aromatic carbocycles. The van der Waals surface area contributed by atoms with Gasteiger partial charge in [0.05, 0.1) is 9.82 Å². The largest absolute Gasteiger partial charge is 0.388 e. The van der Waals surface area contributed by atoms with E-state index >= 15 is 0 Å². The highest BCUT2D eigenvalue weighted by molar-refractivity contribution is 7.99. The third kappa shape index (κ3) is 4.65. The maximum atomic E-state index is 12.2. The highest BCUT2D eigenvalue weighted by Gasteiger charge is 2.17.